The Balaban J connectivity index is 2.47. The summed E-state index contributed by atoms with van der Waals surface area (Å²) in [5.74, 6) is 0.897. The molecule has 6 nitrogen and oxygen atoms in total. The van der Waals surface area contributed by atoms with Gasteiger partial charge in [0, 0.05) is 23.3 Å². The van der Waals surface area contributed by atoms with E-state index >= 15 is 0 Å². The monoisotopic (exact) mass is 288 g/mol. The molecule has 0 unspecified atom stereocenters. The Morgan fingerprint density at radius 2 is 1.33 bits per heavy atom. The van der Waals surface area contributed by atoms with E-state index < -0.39 is 6.04 Å². The molecule has 0 bridgehead atoms. The minimum Gasteiger partial charge on any atom is -0.507 e. The van der Waals surface area contributed by atoms with Gasteiger partial charge in [0.1, 0.15) is 29.0 Å². The third-order valence-corrected chi connectivity index (χ3v) is 3.19. The molecule has 0 aliphatic carbocycles. The molecular formula is C15H16N2O4. The fourth-order valence-corrected chi connectivity index (χ4v) is 2.07. The van der Waals surface area contributed by atoms with Crippen molar-refractivity contribution in [2.45, 2.75) is 6.04 Å². The molecule has 0 aliphatic rings. The molecule has 110 valence electrons. The number of nitrogens with one attached hydrogen (secondary N) is 1. The molecule has 2 aromatic rings. The Morgan fingerprint density at radius 1 is 0.905 bits per heavy atom. The summed E-state index contributed by atoms with van der Waals surface area (Å²) in [6.07, 6.45) is 0. The van der Waals surface area contributed by atoms with Crippen molar-refractivity contribution in [3.8, 4) is 23.0 Å². The summed E-state index contributed by atoms with van der Waals surface area (Å²) in [7, 11) is 2.99. The number of methoxy groups -OCH3 is 2. The maximum absolute atomic E-state index is 10.0. The predicted octanol–water partition coefficient (Wildman–Crippen LogP) is 3.24. The van der Waals surface area contributed by atoms with Crippen molar-refractivity contribution in [2.24, 2.45) is 5.11 Å². The molecule has 0 fully saturated rings. The number of hydrogen-bond donors (Lipinski definition) is 3. The van der Waals surface area contributed by atoms with Crippen LogP contribution in [0.1, 0.15) is 17.2 Å². The van der Waals surface area contributed by atoms with Gasteiger partial charge in [0.25, 0.3) is 0 Å². The molecule has 0 aromatic heterocycles. The van der Waals surface area contributed by atoms with Gasteiger partial charge in [-0.25, -0.2) is 5.53 Å². The van der Waals surface area contributed by atoms with Gasteiger partial charge in [0.05, 0.1) is 14.2 Å². The highest BCUT2D eigenvalue weighted by atomic mass is 16.5. The predicted molar refractivity (Wildman–Crippen MR) is 76.3 cm³/mol. The van der Waals surface area contributed by atoms with Crippen molar-refractivity contribution in [1.82, 2.24) is 0 Å². The number of hydrogen-bond acceptors (Lipinski definition) is 6. The minimum absolute atomic E-state index is 0.0504. The van der Waals surface area contributed by atoms with Crippen molar-refractivity contribution < 1.29 is 19.7 Å². The molecule has 0 atom stereocenters. The van der Waals surface area contributed by atoms with E-state index in [1.54, 1.807) is 24.3 Å². The van der Waals surface area contributed by atoms with Crippen LogP contribution >= 0.6 is 0 Å². The molecule has 0 radical (unpaired) electrons. The lowest BCUT2D eigenvalue weighted by molar-refractivity contribution is 0.403. The van der Waals surface area contributed by atoms with Crippen LogP contribution in [0.3, 0.4) is 0 Å². The fourth-order valence-electron chi connectivity index (χ4n) is 2.07. The molecule has 0 saturated carbocycles. The second-order valence-electron chi connectivity index (χ2n) is 4.38. The van der Waals surface area contributed by atoms with Gasteiger partial charge in [-0.1, -0.05) is 0 Å². The number of phenolic OH excluding ortho intramolecular Hbond substituents is 2. The first-order chi connectivity index (χ1) is 10.1. The summed E-state index contributed by atoms with van der Waals surface area (Å²) < 4.78 is 10.0. The Labute approximate surface area is 122 Å². The number of rotatable bonds is 5. The van der Waals surface area contributed by atoms with Crippen LogP contribution in [0.15, 0.2) is 41.5 Å². The second kappa shape index (κ2) is 6.13. The van der Waals surface area contributed by atoms with Crippen LogP contribution in [0.5, 0.6) is 23.0 Å². The van der Waals surface area contributed by atoms with Crippen LogP contribution in [0.2, 0.25) is 0 Å². The lowest BCUT2D eigenvalue weighted by atomic mass is 9.97. The first-order valence-electron chi connectivity index (χ1n) is 6.21. The zero-order valence-corrected chi connectivity index (χ0v) is 11.7. The summed E-state index contributed by atoms with van der Waals surface area (Å²) in [6, 6.07) is 8.62. The van der Waals surface area contributed by atoms with Crippen molar-refractivity contribution in [3.05, 3.63) is 47.5 Å². The summed E-state index contributed by atoms with van der Waals surface area (Å²) in [5.41, 5.74) is 8.18. The number of aromatic hydroxyl groups is 2. The molecule has 0 spiro atoms. The molecular weight excluding hydrogens is 272 g/mol. The average molecular weight is 288 g/mol. The first-order valence-corrected chi connectivity index (χ1v) is 6.21. The average Bonchev–Trinajstić information content (AvgIpc) is 2.50. The summed E-state index contributed by atoms with van der Waals surface area (Å²) in [6.45, 7) is 0. The Kier molecular flexibility index (Phi) is 4.27. The highest BCUT2D eigenvalue weighted by molar-refractivity contribution is 5.50. The van der Waals surface area contributed by atoms with E-state index in [-0.39, 0.29) is 11.5 Å². The summed E-state index contributed by atoms with van der Waals surface area (Å²) >= 11 is 0. The number of nitrogens with zero attached hydrogens (tertiary/aromatic N) is 1. The first kappa shape index (κ1) is 14.6. The number of benzene rings is 2. The largest absolute Gasteiger partial charge is 0.507 e. The van der Waals surface area contributed by atoms with Gasteiger partial charge in [0.2, 0.25) is 0 Å². The number of ether oxygens (including phenoxy) is 2. The van der Waals surface area contributed by atoms with E-state index in [0.717, 1.165) is 0 Å². The van der Waals surface area contributed by atoms with E-state index in [1.165, 1.54) is 26.4 Å². The molecule has 2 aromatic carbocycles. The summed E-state index contributed by atoms with van der Waals surface area (Å²) in [5, 5.41) is 23.6. The van der Waals surface area contributed by atoms with Gasteiger partial charge in [-0.2, -0.15) is 5.11 Å². The van der Waals surface area contributed by atoms with E-state index in [1.807, 2.05) is 0 Å². The van der Waals surface area contributed by atoms with Crippen molar-refractivity contribution in [1.29, 1.82) is 5.53 Å². The van der Waals surface area contributed by atoms with Crippen LogP contribution in [-0.4, -0.2) is 24.4 Å². The Bertz CT molecular complexity index is 605. The van der Waals surface area contributed by atoms with Crippen molar-refractivity contribution in [2.75, 3.05) is 14.2 Å². The lowest BCUT2D eigenvalue weighted by Gasteiger charge is -2.16. The second-order valence-corrected chi connectivity index (χ2v) is 4.38. The lowest BCUT2D eigenvalue weighted by Crippen LogP contribution is -1.99. The topological polar surface area (TPSA) is 95.1 Å². The molecule has 6 heteroatoms. The molecule has 0 aliphatic heterocycles. The minimum atomic E-state index is -0.804. The maximum Gasteiger partial charge on any atom is 0.128 e. The zero-order valence-electron chi connectivity index (χ0n) is 11.7. The van der Waals surface area contributed by atoms with Crippen LogP contribution in [-0.2, 0) is 0 Å². The SMILES string of the molecule is COc1ccc(C(N=N)c2ccc(OC)cc2O)c(O)c1. The third-order valence-electron chi connectivity index (χ3n) is 3.19. The highest BCUT2D eigenvalue weighted by Crippen LogP contribution is 2.39. The normalized spacial score (nSPS) is 10.4. The van der Waals surface area contributed by atoms with Crippen LogP contribution in [0.25, 0.3) is 0 Å². The number of phenols is 2. The highest BCUT2D eigenvalue weighted by Gasteiger charge is 2.21. The van der Waals surface area contributed by atoms with Gasteiger partial charge in [-0.3, -0.25) is 0 Å². The van der Waals surface area contributed by atoms with Crippen LogP contribution in [0, 0.1) is 5.53 Å². The Morgan fingerprint density at radius 3 is 1.62 bits per heavy atom. The fraction of sp³-hybridized carbons (Fsp3) is 0.200. The van der Waals surface area contributed by atoms with Crippen molar-refractivity contribution in [3.63, 3.8) is 0 Å². The van der Waals surface area contributed by atoms with E-state index in [9.17, 15) is 10.2 Å². The standard InChI is InChI=1S/C15H16N2O4/c1-20-9-3-5-11(13(18)7-9)15(17-16)12-6-4-10(21-2)8-14(12)19/h3-8,15-16,18-19H,1-2H3. The van der Waals surface area contributed by atoms with Gasteiger partial charge in [0.15, 0.2) is 0 Å². The van der Waals surface area contributed by atoms with E-state index in [2.05, 4.69) is 5.11 Å². The summed E-state index contributed by atoms with van der Waals surface area (Å²) in [4.78, 5) is 0. The van der Waals surface area contributed by atoms with Crippen LogP contribution in [0.4, 0.5) is 0 Å². The van der Waals surface area contributed by atoms with Crippen molar-refractivity contribution >= 4 is 0 Å². The quantitative estimate of drug-likeness (QED) is 0.736. The molecule has 0 saturated heterocycles. The Hall–Kier alpha value is -2.76. The zero-order chi connectivity index (χ0) is 15.4. The van der Waals surface area contributed by atoms with Gasteiger partial charge in [-0.05, 0) is 24.3 Å². The molecule has 0 heterocycles. The maximum atomic E-state index is 10.0. The third kappa shape index (κ3) is 2.89. The van der Waals surface area contributed by atoms with Gasteiger partial charge < -0.3 is 19.7 Å². The molecule has 2 rings (SSSR count). The molecule has 21 heavy (non-hydrogen) atoms. The van der Waals surface area contributed by atoms with Crippen LogP contribution < -0.4 is 9.47 Å². The molecule has 3 N–H and O–H groups in total. The van der Waals surface area contributed by atoms with Gasteiger partial charge in [-0.15, -0.1) is 0 Å². The molecule has 0 amide bonds. The van der Waals surface area contributed by atoms with E-state index in [4.69, 9.17) is 15.0 Å². The van der Waals surface area contributed by atoms with Gasteiger partial charge >= 0.3 is 0 Å². The van der Waals surface area contributed by atoms with E-state index in [0.29, 0.717) is 22.6 Å². The smallest absolute Gasteiger partial charge is 0.128 e.